The van der Waals surface area contributed by atoms with Gasteiger partial charge in [0.15, 0.2) is 11.5 Å². The minimum absolute atomic E-state index is 0.356. The molecule has 0 aromatic heterocycles. The predicted molar refractivity (Wildman–Crippen MR) is 81.4 cm³/mol. The fraction of sp³-hybridized carbons (Fsp3) is 0.294. The molecule has 4 heteroatoms. The van der Waals surface area contributed by atoms with Gasteiger partial charge in [-0.25, -0.2) is 4.39 Å². The fourth-order valence-corrected chi connectivity index (χ4v) is 2.44. The van der Waals surface area contributed by atoms with Crippen molar-refractivity contribution in [1.82, 2.24) is 0 Å². The third-order valence-electron chi connectivity index (χ3n) is 3.61. The van der Waals surface area contributed by atoms with Crippen LogP contribution in [-0.4, -0.2) is 14.2 Å². The molecule has 0 aliphatic carbocycles. The van der Waals surface area contributed by atoms with Crippen LogP contribution in [0.25, 0.3) is 0 Å². The summed E-state index contributed by atoms with van der Waals surface area (Å²) in [6.45, 7) is 2.05. The first-order valence-corrected chi connectivity index (χ1v) is 6.87. The van der Waals surface area contributed by atoms with Gasteiger partial charge in [-0.1, -0.05) is 31.2 Å². The van der Waals surface area contributed by atoms with E-state index < -0.39 is 11.9 Å². The Bertz CT molecular complexity index is 628. The Morgan fingerprint density at radius 1 is 1.05 bits per heavy atom. The zero-order valence-corrected chi connectivity index (χ0v) is 12.5. The summed E-state index contributed by atoms with van der Waals surface area (Å²) >= 11 is 0. The van der Waals surface area contributed by atoms with E-state index in [9.17, 15) is 4.39 Å². The number of ether oxygens (including phenoxy) is 2. The summed E-state index contributed by atoms with van der Waals surface area (Å²) in [6, 6.07) is 10.2. The molecule has 2 rings (SSSR count). The number of nitrogens with two attached hydrogens (primary N) is 1. The van der Waals surface area contributed by atoms with Crippen LogP contribution in [0.4, 0.5) is 4.39 Å². The zero-order valence-electron chi connectivity index (χ0n) is 12.5. The van der Waals surface area contributed by atoms with Gasteiger partial charge in [0.2, 0.25) is 0 Å². The van der Waals surface area contributed by atoms with E-state index >= 15 is 0 Å². The normalized spacial score (nSPS) is 12.0. The van der Waals surface area contributed by atoms with Crippen LogP contribution < -0.4 is 15.2 Å². The zero-order chi connectivity index (χ0) is 15.4. The van der Waals surface area contributed by atoms with Gasteiger partial charge in [0, 0.05) is 11.6 Å². The molecule has 1 unspecified atom stereocenters. The van der Waals surface area contributed by atoms with Crippen LogP contribution in [-0.2, 0) is 6.42 Å². The molecule has 2 aromatic rings. The van der Waals surface area contributed by atoms with Gasteiger partial charge in [0.25, 0.3) is 0 Å². The van der Waals surface area contributed by atoms with Gasteiger partial charge in [-0.05, 0) is 23.6 Å². The largest absolute Gasteiger partial charge is 0.493 e. The molecule has 0 fully saturated rings. The minimum atomic E-state index is -0.541. The molecule has 0 radical (unpaired) electrons. The summed E-state index contributed by atoms with van der Waals surface area (Å²) < 4.78 is 24.6. The Morgan fingerprint density at radius 3 is 2.29 bits per heavy atom. The highest BCUT2D eigenvalue weighted by Crippen LogP contribution is 2.34. The van der Waals surface area contributed by atoms with E-state index in [1.165, 1.54) is 20.3 Å². The Labute approximate surface area is 124 Å². The highest BCUT2D eigenvalue weighted by atomic mass is 19.1. The minimum Gasteiger partial charge on any atom is -0.493 e. The Morgan fingerprint density at radius 2 is 1.67 bits per heavy atom. The van der Waals surface area contributed by atoms with Crippen LogP contribution in [0.1, 0.15) is 29.7 Å². The molecular formula is C17H20FNO2. The Hall–Kier alpha value is -2.07. The maximum atomic E-state index is 14.3. The van der Waals surface area contributed by atoms with E-state index in [4.69, 9.17) is 15.2 Å². The van der Waals surface area contributed by atoms with Crippen LogP contribution in [0.15, 0.2) is 36.4 Å². The second-order valence-corrected chi connectivity index (χ2v) is 4.76. The number of hydrogen-bond acceptors (Lipinski definition) is 3. The van der Waals surface area contributed by atoms with Crippen molar-refractivity contribution in [3.05, 3.63) is 58.9 Å². The highest BCUT2D eigenvalue weighted by Gasteiger charge is 2.19. The van der Waals surface area contributed by atoms with Crippen molar-refractivity contribution >= 4 is 0 Å². The van der Waals surface area contributed by atoms with Crippen molar-refractivity contribution in [1.29, 1.82) is 0 Å². The molecule has 0 amide bonds. The van der Waals surface area contributed by atoms with Crippen LogP contribution in [0.5, 0.6) is 11.5 Å². The molecule has 1 atom stereocenters. The molecule has 0 aliphatic heterocycles. The molecule has 0 saturated carbocycles. The van der Waals surface area contributed by atoms with Gasteiger partial charge in [0.05, 0.1) is 20.3 Å². The summed E-state index contributed by atoms with van der Waals surface area (Å²) in [5.74, 6) is 0.430. The summed E-state index contributed by atoms with van der Waals surface area (Å²) in [4.78, 5) is 0. The molecular weight excluding hydrogens is 269 g/mol. The first-order chi connectivity index (χ1) is 10.1. The van der Waals surface area contributed by atoms with Gasteiger partial charge in [-0.15, -0.1) is 0 Å². The Balaban J connectivity index is 2.50. The molecule has 21 heavy (non-hydrogen) atoms. The average Bonchev–Trinajstić information content (AvgIpc) is 2.53. The molecule has 112 valence electrons. The predicted octanol–water partition coefficient (Wildman–Crippen LogP) is 3.45. The lowest BCUT2D eigenvalue weighted by Crippen LogP contribution is -2.16. The summed E-state index contributed by atoms with van der Waals surface area (Å²) in [5.41, 5.74) is 8.70. The average molecular weight is 289 g/mol. The van der Waals surface area contributed by atoms with Crippen LogP contribution in [0.2, 0.25) is 0 Å². The van der Waals surface area contributed by atoms with Crippen molar-refractivity contribution in [3.8, 4) is 11.5 Å². The monoisotopic (exact) mass is 289 g/mol. The van der Waals surface area contributed by atoms with Crippen LogP contribution >= 0.6 is 0 Å². The Kier molecular flexibility index (Phi) is 4.81. The first-order valence-electron chi connectivity index (χ1n) is 6.87. The number of benzene rings is 2. The van der Waals surface area contributed by atoms with Gasteiger partial charge in [0.1, 0.15) is 5.82 Å². The van der Waals surface area contributed by atoms with E-state index in [2.05, 4.69) is 6.92 Å². The molecule has 2 aromatic carbocycles. The molecule has 3 nitrogen and oxygen atoms in total. The second kappa shape index (κ2) is 6.59. The molecule has 0 saturated heterocycles. The standard InChI is InChI=1S/C17H20FNO2/c1-4-11-7-5-6-8-12(11)17(19)13-9-15(20-2)16(21-3)10-14(13)18/h5-10,17H,4,19H2,1-3H3. The lowest BCUT2D eigenvalue weighted by atomic mass is 9.93. The molecule has 0 aliphatic rings. The smallest absolute Gasteiger partial charge is 0.163 e. The van der Waals surface area contributed by atoms with E-state index in [0.29, 0.717) is 17.1 Å². The van der Waals surface area contributed by atoms with Crippen molar-refractivity contribution < 1.29 is 13.9 Å². The van der Waals surface area contributed by atoms with Crippen molar-refractivity contribution in [3.63, 3.8) is 0 Å². The summed E-state index contributed by atoms with van der Waals surface area (Å²) in [6.07, 6.45) is 0.846. The quantitative estimate of drug-likeness (QED) is 0.917. The third kappa shape index (κ3) is 3.00. The SMILES string of the molecule is CCc1ccccc1C(N)c1cc(OC)c(OC)cc1F. The number of halogens is 1. The van der Waals surface area contributed by atoms with Gasteiger partial charge in [-0.3, -0.25) is 0 Å². The lowest BCUT2D eigenvalue weighted by Gasteiger charge is -2.18. The molecule has 0 bridgehead atoms. The molecule has 0 heterocycles. The first kappa shape index (κ1) is 15.3. The topological polar surface area (TPSA) is 44.5 Å². The number of aryl methyl sites for hydroxylation is 1. The molecule has 2 N–H and O–H groups in total. The summed E-state index contributed by atoms with van der Waals surface area (Å²) in [7, 11) is 2.99. The van der Waals surface area contributed by atoms with E-state index in [1.807, 2.05) is 24.3 Å². The van der Waals surface area contributed by atoms with Gasteiger partial charge in [-0.2, -0.15) is 0 Å². The third-order valence-corrected chi connectivity index (χ3v) is 3.61. The maximum absolute atomic E-state index is 14.3. The molecule has 0 spiro atoms. The van der Waals surface area contributed by atoms with Crippen molar-refractivity contribution in [2.24, 2.45) is 5.73 Å². The van der Waals surface area contributed by atoms with E-state index in [0.717, 1.165) is 17.5 Å². The van der Waals surface area contributed by atoms with Crippen LogP contribution in [0, 0.1) is 5.82 Å². The highest BCUT2D eigenvalue weighted by molar-refractivity contribution is 5.47. The number of methoxy groups -OCH3 is 2. The number of hydrogen-bond donors (Lipinski definition) is 1. The maximum Gasteiger partial charge on any atom is 0.163 e. The second-order valence-electron chi connectivity index (χ2n) is 4.76. The lowest BCUT2D eigenvalue weighted by molar-refractivity contribution is 0.351. The van der Waals surface area contributed by atoms with Gasteiger partial charge >= 0.3 is 0 Å². The van der Waals surface area contributed by atoms with E-state index in [-0.39, 0.29) is 0 Å². The van der Waals surface area contributed by atoms with E-state index in [1.54, 1.807) is 6.07 Å². The van der Waals surface area contributed by atoms with Crippen LogP contribution in [0.3, 0.4) is 0 Å². The van der Waals surface area contributed by atoms with Crippen molar-refractivity contribution in [2.75, 3.05) is 14.2 Å². The number of rotatable bonds is 5. The van der Waals surface area contributed by atoms with Crippen molar-refractivity contribution in [2.45, 2.75) is 19.4 Å². The summed E-state index contributed by atoms with van der Waals surface area (Å²) in [5, 5.41) is 0. The van der Waals surface area contributed by atoms with Gasteiger partial charge < -0.3 is 15.2 Å². The fourth-order valence-electron chi connectivity index (χ4n) is 2.44.